The molecule has 2 atom stereocenters. The van der Waals surface area contributed by atoms with Gasteiger partial charge in [0.15, 0.2) is 5.76 Å². The van der Waals surface area contributed by atoms with Crippen LogP contribution in [0.3, 0.4) is 0 Å². The number of nitrogens with zero attached hydrogens (tertiary/aromatic N) is 1. The fourth-order valence-corrected chi connectivity index (χ4v) is 2.67. The second-order valence-corrected chi connectivity index (χ2v) is 4.61. The summed E-state index contributed by atoms with van der Waals surface area (Å²) in [5, 5.41) is 7.50. The molecule has 3 heteroatoms. The zero-order valence-corrected chi connectivity index (χ0v) is 8.99. The summed E-state index contributed by atoms with van der Waals surface area (Å²) in [4.78, 5) is 0. The third-order valence-corrected chi connectivity index (χ3v) is 3.54. The molecule has 1 aromatic heterocycles. The Balaban J connectivity index is 1.83. The third kappa shape index (κ3) is 1.61. The van der Waals surface area contributed by atoms with E-state index in [-0.39, 0.29) is 0 Å². The van der Waals surface area contributed by atoms with E-state index in [1.807, 2.05) is 13.0 Å². The van der Waals surface area contributed by atoms with Gasteiger partial charge in [0, 0.05) is 12.1 Å². The zero-order chi connectivity index (χ0) is 10.3. The van der Waals surface area contributed by atoms with E-state index in [9.17, 15) is 0 Å². The molecular weight excluding hydrogens is 188 g/mol. The molecule has 3 nitrogen and oxygen atoms in total. The molecule has 1 aliphatic carbocycles. The summed E-state index contributed by atoms with van der Waals surface area (Å²) in [6.45, 7) is 3.14. The quantitative estimate of drug-likeness (QED) is 0.761. The molecule has 80 valence electrons. The third-order valence-electron chi connectivity index (χ3n) is 3.54. The van der Waals surface area contributed by atoms with Crippen LogP contribution in [-0.4, -0.2) is 17.7 Å². The highest BCUT2D eigenvalue weighted by atomic mass is 16.5. The minimum Gasteiger partial charge on any atom is -0.356 e. The summed E-state index contributed by atoms with van der Waals surface area (Å²) in [5.74, 6) is 1.80. The van der Waals surface area contributed by atoms with Gasteiger partial charge in [0.05, 0.1) is 5.69 Å². The summed E-state index contributed by atoms with van der Waals surface area (Å²) < 4.78 is 5.31. The summed E-state index contributed by atoms with van der Waals surface area (Å²) in [5.41, 5.74) is 2.29. The van der Waals surface area contributed by atoms with Crippen molar-refractivity contribution >= 4 is 5.57 Å². The Labute approximate surface area is 89.5 Å². The Morgan fingerprint density at radius 3 is 3.27 bits per heavy atom. The number of hydrogen-bond donors (Lipinski definition) is 1. The maximum Gasteiger partial charge on any atom is 0.162 e. The van der Waals surface area contributed by atoms with Crippen LogP contribution in [0.2, 0.25) is 0 Å². The van der Waals surface area contributed by atoms with Gasteiger partial charge >= 0.3 is 0 Å². The van der Waals surface area contributed by atoms with Crippen molar-refractivity contribution in [2.24, 2.45) is 5.92 Å². The van der Waals surface area contributed by atoms with E-state index >= 15 is 0 Å². The summed E-state index contributed by atoms with van der Waals surface area (Å²) in [7, 11) is 0. The molecular formula is C12H16N2O. The van der Waals surface area contributed by atoms with Crippen LogP contribution in [0, 0.1) is 12.8 Å². The molecule has 15 heavy (non-hydrogen) atoms. The first-order valence-electron chi connectivity index (χ1n) is 5.69. The predicted octanol–water partition coefficient (Wildman–Crippen LogP) is 2.14. The van der Waals surface area contributed by atoms with Gasteiger partial charge in [-0.05, 0) is 44.2 Å². The van der Waals surface area contributed by atoms with Crippen LogP contribution >= 0.6 is 0 Å². The largest absolute Gasteiger partial charge is 0.356 e. The monoisotopic (exact) mass is 204 g/mol. The van der Waals surface area contributed by atoms with Crippen LogP contribution in [0.15, 0.2) is 16.7 Å². The zero-order valence-electron chi connectivity index (χ0n) is 8.99. The van der Waals surface area contributed by atoms with Crippen molar-refractivity contribution in [1.82, 2.24) is 10.5 Å². The number of allylic oxidation sites excluding steroid dienone is 1. The molecule has 2 heterocycles. The van der Waals surface area contributed by atoms with Gasteiger partial charge < -0.3 is 9.84 Å². The molecule has 1 saturated heterocycles. The molecule has 3 rings (SSSR count). The van der Waals surface area contributed by atoms with Crippen LogP contribution in [-0.2, 0) is 0 Å². The fourth-order valence-electron chi connectivity index (χ4n) is 2.67. The SMILES string of the molecule is Cc1cc(C2=CCC3CCNC3C2)on1. The number of nitrogens with one attached hydrogen (secondary N) is 1. The van der Waals surface area contributed by atoms with Gasteiger partial charge in [-0.25, -0.2) is 0 Å². The van der Waals surface area contributed by atoms with Crippen LogP contribution in [0.4, 0.5) is 0 Å². The van der Waals surface area contributed by atoms with E-state index in [0.29, 0.717) is 6.04 Å². The minimum atomic E-state index is 0.662. The first kappa shape index (κ1) is 9.16. The van der Waals surface area contributed by atoms with Gasteiger partial charge in [0.25, 0.3) is 0 Å². The normalized spacial score (nSPS) is 30.1. The minimum absolute atomic E-state index is 0.662. The molecule has 0 aromatic carbocycles. The van der Waals surface area contributed by atoms with Gasteiger partial charge in [0.1, 0.15) is 0 Å². The lowest BCUT2D eigenvalue weighted by molar-refractivity contribution is 0.393. The van der Waals surface area contributed by atoms with Crippen molar-refractivity contribution in [1.29, 1.82) is 0 Å². The smallest absolute Gasteiger partial charge is 0.162 e. The lowest BCUT2D eigenvalue weighted by Crippen LogP contribution is -2.29. The molecule has 1 aromatic rings. The van der Waals surface area contributed by atoms with Crippen LogP contribution in [0.1, 0.15) is 30.7 Å². The molecule has 0 bridgehead atoms. The Morgan fingerprint density at radius 1 is 1.53 bits per heavy atom. The van der Waals surface area contributed by atoms with Crippen molar-refractivity contribution in [3.63, 3.8) is 0 Å². The molecule has 0 radical (unpaired) electrons. The van der Waals surface area contributed by atoms with E-state index < -0.39 is 0 Å². The van der Waals surface area contributed by atoms with Gasteiger partial charge in [-0.15, -0.1) is 0 Å². The summed E-state index contributed by atoms with van der Waals surface area (Å²) >= 11 is 0. The molecule has 2 unspecified atom stereocenters. The fraction of sp³-hybridized carbons (Fsp3) is 0.583. The standard InChI is InChI=1S/C12H16N2O/c1-8-6-12(15-14-8)10-3-2-9-4-5-13-11(9)7-10/h3,6,9,11,13H,2,4-5,7H2,1H3. The summed E-state index contributed by atoms with van der Waals surface area (Å²) in [6, 6.07) is 2.69. The van der Waals surface area contributed by atoms with Crippen LogP contribution in [0.5, 0.6) is 0 Å². The van der Waals surface area contributed by atoms with E-state index in [4.69, 9.17) is 4.52 Å². The van der Waals surface area contributed by atoms with E-state index in [0.717, 1.165) is 23.8 Å². The molecule has 1 N–H and O–H groups in total. The molecule has 2 aliphatic rings. The molecule has 0 spiro atoms. The van der Waals surface area contributed by atoms with Crippen LogP contribution in [0.25, 0.3) is 5.57 Å². The van der Waals surface area contributed by atoms with E-state index in [1.54, 1.807) is 0 Å². The average Bonchev–Trinajstić information content (AvgIpc) is 2.84. The van der Waals surface area contributed by atoms with Crippen molar-refractivity contribution in [3.8, 4) is 0 Å². The lowest BCUT2D eigenvalue weighted by Gasteiger charge is -2.23. The Kier molecular flexibility index (Phi) is 2.13. The Hall–Kier alpha value is -1.09. The first-order chi connectivity index (χ1) is 7.33. The van der Waals surface area contributed by atoms with Gasteiger partial charge in [-0.3, -0.25) is 0 Å². The van der Waals surface area contributed by atoms with Crippen molar-refractivity contribution in [2.75, 3.05) is 6.54 Å². The van der Waals surface area contributed by atoms with Gasteiger partial charge in [-0.1, -0.05) is 11.2 Å². The number of hydrogen-bond acceptors (Lipinski definition) is 3. The Bertz CT molecular complexity index is 394. The topological polar surface area (TPSA) is 38.1 Å². The van der Waals surface area contributed by atoms with Crippen molar-refractivity contribution in [3.05, 3.63) is 23.6 Å². The highest BCUT2D eigenvalue weighted by Gasteiger charge is 2.30. The predicted molar refractivity (Wildman–Crippen MR) is 58.3 cm³/mol. The van der Waals surface area contributed by atoms with E-state index in [1.165, 1.54) is 25.0 Å². The summed E-state index contributed by atoms with van der Waals surface area (Å²) in [6.07, 6.45) is 5.93. The number of rotatable bonds is 1. The van der Waals surface area contributed by atoms with Crippen molar-refractivity contribution < 1.29 is 4.52 Å². The second kappa shape index (κ2) is 3.49. The van der Waals surface area contributed by atoms with Gasteiger partial charge in [-0.2, -0.15) is 0 Å². The highest BCUT2D eigenvalue weighted by molar-refractivity contribution is 5.63. The second-order valence-electron chi connectivity index (χ2n) is 4.61. The van der Waals surface area contributed by atoms with Crippen molar-refractivity contribution in [2.45, 2.75) is 32.2 Å². The Morgan fingerprint density at radius 2 is 2.47 bits per heavy atom. The maximum absolute atomic E-state index is 5.31. The lowest BCUT2D eigenvalue weighted by atomic mass is 9.85. The molecule has 1 aliphatic heterocycles. The molecule has 0 saturated carbocycles. The molecule has 1 fully saturated rings. The van der Waals surface area contributed by atoms with Gasteiger partial charge in [0.2, 0.25) is 0 Å². The van der Waals surface area contributed by atoms with E-state index in [2.05, 4.69) is 16.5 Å². The number of fused-ring (bicyclic) bond motifs is 1. The number of aromatic nitrogens is 1. The number of aryl methyl sites for hydroxylation is 1. The highest BCUT2D eigenvalue weighted by Crippen LogP contribution is 2.34. The maximum atomic E-state index is 5.31. The molecule has 0 amide bonds. The average molecular weight is 204 g/mol. The van der Waals surface area contributed by atoms with Crippen LogP contribution < -0.4 is 5.32 Å². The first-order valence-corrected chi connectivity index (χ1v) is 5.69.